The van der Waals surface area contributed by atoms with Gasteiger partial charge in [-0.1, -0.05) is 6.42 Å². The van der Waals surface area contributed by atoms with Gasteiger partial charge in [0.25, 0.3) is 0 Å². The average molecular weight is 389 g/mol. The molecule has 1 aliphatic carbocycles. The van der Waals surface area contributed by atoms with Gasteiger partial charge in [0.1, 0.15) is 0 Å². The molecular weight excluding hydrogens is 358 g/mol. The van der Waals surface area contributed by atoms with E-state index in [2.05, 4.69) is 0 Å². The Balaban J connectivity index is 1.81. The lowest BCUT2D eigenvalue weighted by molar-refractivity contribution is -0.136. The normalized spacial score (nSPS) is 24.4. The Bertz CT molecular complexity index is 747. The third-order valence-corrected chi connectivity index (χ3v) is 6.40. The molecule has 1 aromatic rings. The number of amides is 1. The minimum Gasteiger partial charge on any atom is -0.493 e. The van der Waals surface area contributed by atoms with Gasteiger partial charge in [0, 0.05) is 31.2 Å². The first-order valence-electron chi connectivity index (χ1n) is 10.0. The van der Waals surface area contributed by atoms with Crippen molar-refractivity contribution < 1.29 is 23.8 Å². The minimum absolute atomic E-state index is 0.0514. The zero-order valence-electron chi connectivity index (χ0n) is 17.4. The van der Waals surface area contributed by atoms with Gasteiger partial charge >= 0.3 is 0 Å². The Kier molecular flexibility index (Phi) is 6.28. The predicted octanol–water partition coefficient (Wildman–Crippen LogP) is 3.26. The number of rotatable bonds is 6. The van der Waals surface area contributed by atoms with Crippen LogP contribution in [0.1, 0.15) is 54.9 Å². The van der Waals surface area contributed by atoms with E-state index in [4.69, 9.17) is 14.2 Å². The summed E-state index contributed by atoms with van der Waals surface area (Å²) in [7, 11) is 4.87. The summed E-state index contributed by atoms with van der Waals surface area (Å²) < 4.78 is 16.4. The highest BCUT2D eigenvalue weighted by atomic mass is 16.5. The van der Waals surface area contributed by atoms with Crippen molar-refractivity contribution in [3.8, 4) is 11.5 Å². The highest BCUT2D eigenvalue weighted by molar-refractivity contribution is 5.97. The monoisotopic (exact) mass is 389 g/mol. The molecule has 0 aromatic heterocycles. The van der Waals surface area contributed by atoms with Crippen LogP contribution < -0.4 is 9.47 Å². The van der Waals surface area contributed by atoms with Crippen molar-refractivity contribution >= 4 is 11.7 Å². The highest BCUT2D eigenvalue weighted by Crippen LogP contribution is 2.46. The first kappa shape index (κ1) is 20.6. The molecule has 28 heavy (non-hydrogen) atoms. The molecule has 0 N–H and O–H groups in total. The quantitative estimate of drug-likeness (QED) is 0.699. The molecule has 2 atom stereocenters. The third-order valence-electron chi connectivity index (χ3n) is 6.40. The molecule has 1 heterocycles. The number of carbonyl (C=O) groups excluding carboxylic acids is 2. The topological polar surface area (TPSA) is 65.1 Å². The summed E-state index contributed by atoms with van der Waals surface area (Å²) in [6, 6.07) is 3.42. The van der Waals surface area contributed by atoms with Gasteiger partial charge in [0.2, 0.25) is 5.91 Å². The number of Topliss-reactive ketones (excluding diaryl/α,β-unsaturated/α-hetero) is 1. The summed E-state index contributed by atoms with van der Waals surface area (Å²) in [4.78, 5) is 27.2. The molecule has 1 amide bonds. The number of piperidine rings is 1. The first-order chi connectivity index (χ1) is 13.4. The maximum absolute atomic E-state index is 13.1. The minimum atomic E-state index is -0.0888. The number of ketones is 1. The van der Waals surface area contributed by atoms with Crippen molar-refractivity contribution in [2.45, 2.75) is 51.6 Å². The molecule has 2 fully saturated rings. The summed E-state index contributed by atoms with van der Waals surface area (Å²) in [6.07, 6.45) is 5.87. The molecule has 1 saturated carbocycles. The number of ether oxygens (including phenoxy) is 3. The fourth-order valence-electron chi connectivity index (χ4n) is 4.98. The number of methoxy groups -OCH3 is 3. The van der Waals surface area contributed by atoms with E-state index < -0.39 is 0 Å². The van der Waals surface area contributed by atoms with E-state index in [0.717, 1.165) is 45.2 Å². The zero-order chi connectivity index (χ0) is 20.3. The largest absolute Gasteiger partial charge is 0.493 e. The Morgan fingerprint density at radius 3 is 2.43 bits per heavy atom. The van der Waals surface area contributed by atoms with Crippen LogP contribution in [0, 0.1) is 5.41 Å². The number of nitrogens with zero attached hydrogens (tertiary/aromatic N) is 1. The number of carbonyl (C=O) groups is 2. The second-order valence-corrected chi connectivity index (χ2v) is 8.00. The summed E-state index contributed by atoms with van der Waals surface area (Å²) in [5.41, 5.74) is 1.28. The Morgan fingerprint density at radius 1 is 1.11 bits per heavy atom. The zero-order valence-corrected chi connectivity index (χ0v) is 17.4. The van der Waals surface area contributed by atoms with Crippen LogP contribution in [0.2, 0.25) is 0 Å². The lowest BCUT2D eigenvalue weighted by atomic mass is 9.76. The highest BCUT2D eigenvalue weighted by Gasteiger charge is 2.46. The Hall–Kier alpha value is -2.08. The second kappa shape index (κ2) is 8.52. The van der Waals surface area contributed by atoms with Crippen molar-refractivity contribution in [1.82, 2.24) is 4.90 Å². The maximum atomic E-state index is 13.1. The molecule has 1 aliphatic heterocycles. The Labute approximate surface area is 167 Å². The lowest BCUT2D eigenvalue weighted by Crippen LogP contribution is -2.50. The molecule has 2 aliphatic rings. The number of hydrogen-bond acceptors (Lipinski definition) is 5. The van der Waals surface area contributed by atoms with Crippen molar-refractivity contribution in [3.63, 3.8) is 0 Å². The molecule has 6 heteroatoms. The maximum Gasteiger partial charge on any atom is 0.227 e. The van der Waals surface area contributed by atoms with Crippen LogP contribution in [-0.4, -0.2) is 57.1 Å². The molecule has 1 aromatic carbocycles. The van der Waals surface area contributed by atoms with E-state index >= 15 is 0 Å². The second-order valence-electron chi connectivity index (χ2n) is 8.00. The number of benzene rings is 1. The van der Waals surface area contributed by atoms with Crippen molar-refractivity contribution in [1.29, 1.82) is 0 Å². The number of hydrogen-bond donors (Lipinski definition) is 0. The standard InChI is InChI=1S/C22H31NO5/c1-15(24)17-13-19(27-3)18(26-2)11-16(17)12-21(25)23-10-6-9-22(14-23)8-5-7-20(22)28-4/h11,13,20H,5-10,12,14H2,1-4H3/t20-,22-/m1/s1. The molecule has 3 rings (SSSR count). The SMILES string of the molecule is COc1cc(CC(=O)N2CCC[C@]3(CCC[C@H]3OC)C2)c(C(C)=O)cc1OC. The number of likely N-dealkylation sites (tertiary alicyclic amines) is 1. The smallest absolute Gasteiger partial charge is 0.227 e. The van der Waals surface area contributed by atoms with E-state index in [1.165, 1.54) is 14.0 Å². The van der Waals surface area contributed by atoms with Crippen LogP contribution in [-0.2, 0) is 16.0 Å². The third kappa shape index (κ3) is 3.88. The molecule has 1 saturated heterocycles. The molecule has 6 nitrogen and oxygen atoms in total. The van der Waals surface area contributed by atoms with Crippen LogP contribution in [0.4, 0.5) is 0 Å². The van der Waals surface area contributed by atoms with Crippen LogP contribution in [0.15, 0.2) is 12.1 Å². The predicted molar refractivity (Wildman–Crippen MR) is 106 cm³/mol. The van der Waals surface area contributed by atoms with Gasteiger partial charge in [-0.2, -0.15) is 0 Å². The molecule has 0 bridgehead atoms. The van der Waals surface area contributed by atoms with Crippen LogP contribution in [0.5, 0.6) is 11.5 Å². The summed E-state index contributed by atoms with van der Waals surface area (Å²) >= 11 is 0. The van der Waals surface area contributed by atoms with Gasteiger partial charge < -0.3 is 19.1 Å². The van der Waals surface area contributed by atoms with E-state index in [1.807, 2.05) is 4.90 Å². The molecular formula is C22H31NO5. The van der Waals surface area contributed by atoms with Crippen molar-refractivity contribution in [2.75, 3.05) is 34.4 Å². The fourth-order valence-corrected chi connectivity index (χ4v) is 4.98. The van der Waals surface area contributed by atoms with Crippen molar-refractivity contribution in [3.05, 3.63) is 23.3 Å². The summed E-state index contributed by atoms with van der Waals surface area (Å²) in [6.45, 7) is 3.01. The van der Waals surface area contributed by atoms with Crippen LogP contribution in [0.25, 0.3) is 0 Å². The van der Waals surface area contributed by atoms with Gasteiger partial charge in [0.05, 0.1) is 26.7 Å². The van der Waals surface area contributed by atoms with Crippen LogP contribution in [0.3, 0.4) is 0 Å². The van der Waals surface area contributed by atoms with Crippen LogP contribution >= 0.6 is 0 Å². The van der Waals surface area contributed by atoms with Gasteiger partial charge in [0.15, 0.2) is 17.3 Å². The molecule has 1 spiro atoms. The molecule has 154 valence electrons. The molecule has 0 radical (unpaired) electrons. The Morgan fingerprint density at radius 2 is 1.79 bits per heavy atom. The van der Waals surface area contributed by atoms with E-state index in [0.29, 0.717) is 22.6 Å². The fraction of sp³-hybridized carbons (Fsp3) is 0.636. The van der Waals surface area contributed by atoms with Gasteiger partial charge in [-0.15, -0.1) is 0 Å². The van der Waals surface area contributed by atoms with E-state index in [-0.39, 0.29) is 29.6 Å². The first-order valence-corrected chi connectivity index (χ1v) is 10.0. The van der Waals surface area contributed by atoms with E-state index in [1.54, 1.807) is 26.4 Å². The van der Waals surface area contributed by atoms with Gasteiger partial charge in [-0.05, 0) is 50.3 Å². The van der Waals surface area contributed by atoms with E-state index in [9.17, 15) is 9.59 Å². The average Bonchev–Trinajstić information content (AvgIpc) is 3.08. The summed E-state index contributed by atoms with van der Waals surface area (Å²) in [5, 5.41) is 0. The van der Waals surface area contributed by atoms with Gasteiger partial charge in [-0.3, -0.25) is 9.59 Å². The lowest BCUT2D eigenvalue weighted by Gasteiger charge is -2.43. The van der Waals surface area contributed by atoms with Crippen molar-refractivity contribution in [2.24, 2.45) is 5.41 Å². The summed E-state index contributed by atoms with van der Waals surface area (Å²) in [5.74, 6) is 0.986. The van der Waals surface area contributed by atoms with Gasteiger partial charge in [-0.25, -0.2) is 0 Å². The molecule has 0 unspecified atom stereocenters.